The minimum Gasteiger partial charge on any atom is -0.294 e. The molecule has 0 aliphatic rings. The highest BCUT2D eigenvalue weighted by Crippen LogP contribution is 2.13. The van der Waals surface area contributed by atoms with Crippen molar-refractivity contribution in [3.8, 4) is 0 Å². The van der Waals surface area contributed by atoms with Crippen molar-refractivity contribution in [3.05, 3.63) is 15.5 Å². The maximum atomic E-state index is 11.4. The van der Waals surface area contributed by atoms with Gasteiger partial charge in [0.2, 0.25) is 0 Å². The topological polar surface area (TPSA) is 34.9 Å². The van der Waals surface area contributed by atoms with Crippen LogP contribution in [0.25, 0.3) is 0 Å². The summed E-state index contributed by atoms with van der Waals surface area (Å²) in [7, 11) is 1.84. The highest BCUT2D eigenvalue weighted by molar-refractivity contribution is 14.1. The molecule has 0 saturated heterocycles. The molecular weight excluding hydrogens is 267 g/mol. The number of ketones is 1. The average molecular weight is 278 g/mol. The first-order valence-corrected chi connectivity index (χ1v) is 4.95. The maximum Gasteiger partial charge on any atom is 0.167 e. The van der Waals surface area contributed by atoms with Gasteiger partial charge in [-0.25, -0.2) is 0 Å². The van der Waals surface area contributed by atoms with Crippen molar-refractivity contribution in [1.82, 2.24) is 9.78 Å². The van der Waals surface area contributed by atoms with E-state index in [1.165, 1.54) is 0 Å². The summed E-state index contributed by atoms with van der Waals surface area (Å²) in [5.74, 6) is 0.190. The van der Waals surface area contributed by atoms with Crippen LogP contribution < -0.4 is 0 Å². The van der Waals surface area contributed by atoms with Crippen LogP contribution in [0.1, 0.15) is 30.1 Å². The van der Waals surface area contributed by atoms with E-state index in [1.54, 1.807) is 10.9 Å². The van der Waals surface area contributed by atoms with E-state index in [4.69, 9.17) is 0 Å². The molecule has 0 bridgehead atoms. The van der Waals surface area contributed by atoms with E-state index in [0.29, 0.717) is 6.42 Å². The lowest BCUT2D eigenvalue weighted by molar-refractivity contribution is 0.0981. The Balaban J connectivity index is 2.88. The second kappa shape index (κ2) is 4.02. The fourth-order valence-electron chi connectivity index (χ4n) is 0.971. The SMILES string of the molecule is CCCC(=O)c1cnn(C)c1I. The second-order valence-electron chi connectivity index (χ2n) is 2.65. The van der Waals surface area contributed by atoms with Gasteiger partial charge in [-0.2, -0.15) is 5.10 Å². The quantitative estimate of drug-likeness (QED) is 0.626. The Morgan fingerprint density at radius 1 is 1.75 bits per heavy atom. The molecule has 1 aromatic heterocycles. The molecule has 0 aliphatic carbocycles. The van der Waals surface area contributed by atoms with E-state index < -0.39 is 0 Å². The molecule has 0 amide bonds. The lowest BCUT2D eigenvalue weighted by Gasteiger charge is -1.95. The van der Waals surface area contributed by atoms with Crippen LogP contribution in [-0.4, -0.2) is 15.6 Å². The zero-order chi connectivity index (χ0) is 9.14. The highest BCUT2D eigenvalue weighted by Gasteiger charge is 2.12. The lowest BCUT2D eigenvalue weighted by atomic mass is 10.1. The van der Waals surface area contributed by atoms with Crippen molar-refractivity contribution in [3.63, 3.8) is 0 Å². The zero-order valence-electron chi connectivity index (χ0n) is 7.17. The normalized spacial score (nSPS) is 10.2. The third-order valence-electron chi connectivity index (χ3n) is 1.64. The number of rotatable bonds is 3. The second-order valence-corrected chi connectivity index (χ2v) is 3.67. The Kier molecular flexibility index (Phi) is 3.25. The minimum atomic E-state index is 0.190. The molecule has 0 aromatic carbocycles. The highest BCUT2D eigenvalue weighted by atomic mass is 127. The van der Waals surface area contributed by atoms with E-state index in [2.05, 4.69) is 27.7 Å². The average Bonchev–Trinajstić information content (AvgIpc) is 2.34. The summed E-state index contributed by atoms with van der Waals surface area (Å²) in [5.41, 5.74) is 0.750. The Bertz CT molecular complexity index is 293. The fraction of sp³-hybridized carbons (Fsp3) is 0.500. The molecule has 3 nitrogen and oxygen atoms in total. The van der Waals surface area contributed by atoms with Crippen molar-refractivity contribution in [2.24, 2.45) is 7.05 Å². The molecule has 0 atom stereocenters. The standard InChI is InChI=1S/C8H11IN2O/c1-3-4-7(12)6-5-10-11(2)8(6)9/h5H,3-4H2,1-2H3. The molecule has 0 spiro atoms. The van der Waals surface area contributed by atoms with E-state index in [-0.39, 0.29) is 5.78 Å². The van der Waals surface area contributed by atoms with Crippen molar-refractivity contribution in [2.75, 3.05) is 0 Å². The van der Waals surface area contributed by atoms with Gasteiger partial charge in [0.1, 0.15) is 3.70 Å². The summed E-state index contributed by atoms with van der Waals surface area (Å²) in [5, 5.41) is 4.01. The monoisotopic (exact) mass is 278 g/mol. The van der Waals surface area contributed by atoms with Gasteiger partial charge in [0, 0.05) is 13.5 Å². The van der Waals surface area contributed by atoms with Crippen LogP contribution in [-0.2, 0) is 7.05 Å². The number of halogens is 1. The van der Waals surface area contributed by atoms with Gasteiger partial charge in [-0.1, -0.05) is 6.92 Å². The number of carbonyl (C=O) groups excluding carboxylic acids is 1. The van der Waals surface area contributed by atoms with Crippen LogP contribution in [0.3, 0.4) is 0 Å². The van der Waals surface area contributed by atoms with Gasteiger partial charge in [0.25, 0.3) is 0 Å². The first kappa shape index (κ1) is 9.70. The van der Waals surface area contributed by atoms with Gasteiger partial charge in [-0.15, -0.1) is 0 Å². The van der Waals surface area contributed by atoms with Gasteiger partial charge >= 0.3 is 0 Å². The summed E-state index contributed by atoms with van der Waals surface area (Å²) < 4.78 is 2.63. The van der Waals surface area contributed by atoms with E-state index >= 15 is 0 Å². The largest absolute Gasteiger partial charge is 0.294 e. The molecule has 0 fully saturated rings. The molecule has 12 heavy (non-hydrogen) atoms. The first-order valence-electron chi connectivity index (χ1n) is 3.87. The zero-order valence-corrected chi connectivity index (χ0v) is 9.33. The van der Waals surface area contributed by atoms with Crippen LogP contribution in [0.4, 0.5) is 0 Å². The lowest BCUT2D eigenvalue weighted by Crippen LogP contribution is -2.00. The molecule has 4 heteroatoms. The van der Waals surface area contributed by atoms with E-state index in [0.717, 1.165) is 15.7 Å². The number of Topliss-reactive ketones (excluding diaryl/α,β-unsaturated/α-hetero) is 1. The van der Waals surface area contributed by atoms with Gasteiger partial charge < -0.3 is 0 Å². The third-order valence-corrected chi connectivity index (χ3v) is 2.92. The Hall–Kier alpha value is -0.390. The number of carbonyl (C=O) groups is 1. The van der Waals surface area contributed by atoms with Gasteiger partial charge in [0.05, 0.1) is 11.8 Å². The number of hydrogen-bond donors (Lipinski definition) is 0. The van der Waals surface area contributed by atoms with E-state index in [1.807, 2.05) is 14.0 Å². The molecule has 1 rings (SSSR count). The van der Waals surface area contributed by atoms with Crippen LogP contribution in [0.2, 0.25) is 0 Å². The van der Waals surface area contributed by atoms with E-state index in [9.17, 15) is 4.79 Å². The molecule has 66 valence electrons. The summed E-state index contributed by atoms with van der Waals surface area (Å²) in [6.45, 7) is 2.00. The van der Waals surface area contributed by atoms with Crippen LogP contribution in [0, 0.1) is 3.70 Å². The number of aryl methyl sites for hydroxylation is 1. The fourth-order valence-corrected chi connectivity index (χ4v) is 1.54. The first-order chi connectivity index (χ1) is 5.66. The smallest absolute Gasteiger partial charge is 0.167 e. The summed E-state index contributed by atoms with van der Waals surface area (Å²) in [4.78, 5) is 11.4. The summed E-state index contributed by atoms with van der Waals surface area (Å²) >= 11 is 2.13. The maximum absolute atomic E-state index is 11.4. The minimum absolute atomic E-state index is 0.190. The molecule has 1 aromatic rings. The van der Waals surface area contributed by atoms with Gasteiger partial charge in [-0.05, 0) is 29.0 Å². The van der Waals surface area contributed by atoms with Crippen LogP contribution >= 0.6 is 22.6 Å². The number of nitrogens with zero attached hydrogens (tertiary/aromatic N) is 2. The Labute approximate surface area is 85.3 Å². The molecule has 0 unspecified atom stereocenters. The Morgan fingerprint density at radius 3 is 2.83 bits per heavy atom. The molecular formula is C8H11IN2O. The predicted octanol–water partition coefficient (Wildman–Crippen LogP) is 2.01. The molecule has 0 radical (unpaired) electrons. The number of hydrogen-bond acceptors (Lipinski definition) is 2. The Morgan fingerprint density at radius 2 is 2.42 bits per heavy atom. The molecule has 0 saturated carbocycles. The summed E-state index contributed by atoms with van der Waals surface area (Å²) in [6, 6.07) is 0. The third kappa shape index (κ3) is 1.85. The van der Waals surface area contributed by atoms with Gasteiger partial charge in [-0.3, -0.25) is 9.48 Å². The molecule has 1 heterocycles. The van der Waals surface area contributed by atoms with Crippen LogP contribution in [0.15, 0.2) is 6.20 Å². The number of aromatic nitrogens is 2. The van der Waals surface area contributed by atoms with Crippen molar-refractivity contribution >= 4 is 28.4 Å². The van der Waals surface area contributed by atoms with Crippen molar-refractivity contribution in [1.29, 1.82) is 0 Å². The predicted molar refractivity (Wildman–Crippen MR) is 55.2 cm³/mol. The molecule has 0 N–H and O–H groups in total. The van der Waals surface area contributed by atoms with Crippen LogP contribution in [0.5, 0.6) is 0 Å². The molecule has 0 aliphatic heterocycles. The van der Waals surface area contributed by atoms with Crippen molar-refractivity contribution < 1.29 is 4.79 Å². The van der Waals surface area contributed by atoms with Crippen molar-refractivity contribution in [2.45, 2.75) is 19.8 Å². The van der Waals surface area contributed by atoms with Gasteiger partial charge in [0.15, 0.2) is 5.78 Å². The summed E-state index contributed by atoms with van der Waals surface area (Å²) in [6.07, 6.45) is 3.14.